The second-order valence-corrected chi connectivity index (χ2v) is 4.12. The molecule has 1 aliphatic carbocycles. The molecule has 1 amide bonds. The van der Waals surface area contributed by atoms with Crippen molar-refractivity contribution in [3.63, 3.8) is 0 Å². The molecule has 0 aromatic rings. The molecular weight excluding hydrogens is 176 g/mol. The number of rotatable bonds is 3. The molecular formula is C11H20N2O. The maximum absolute atomic E-state index is 11.8. The molecule has 0 aliphatic heterocycles. The van der Waals surface area contributed by atoms with Gasteiger partial charge in [-0.2, -0.15) is 0 Å². The van der Waals surface area contributed by atoms with Crippen molar-refractivity contribution in [3.05, 3.63) is 12.7 Å². The van der Waals surface area contributed by atoms with E-state index < -0.39 is 0 Å². The Hall–Kier alpha value is -0.830. The van der Waals surface area contributed by atoms with Crippen LogP contribution in [0.2, 0.25) is 0 Å². The predicted octanol–water partition coefficient (Wildman–Crippen LogP) is 1.15. The lowest BCUT2D eigenvalue weighted by molar-refractivity contribution is -0.134. The first-order valence-corrected chi connectivity index (χ1v) is 5.26. The Morgan fingerprint density at radius 2 is 2.07 bits per heavy atom. The summed E-state index contributed by atoms with van der Waals surface area (Å²) in [5.74, 6) is 0.441. The highest BCUT2D eigenvalue weighted by molar-refractivity contribution is 5.78. The van der Waals surface area contributed by atoms with Gasteiger partial charge in [-0.3, -0.25) is 4.79 Å². The van der Waals surface area contributed by atoms with Gasteiger partial charge < -0.3 is 10.6 Å². The fourth-order valence-electron chi connectivity index (χ4n) is 1.96. The quantitative estimate of drug-likeness (QED) is 0.688. The van der Waals surface area contributed by atoms with Crippen LogP contribution in [0.1, 0.15) is 25.7 Å². The molecule has 1 aliphatic rings. The molecule has 0 bridgehead atoms. The van der Waals surface area contributed by atoms with E-state index in [-0.39, 0.29) is 11.8 Å². The van der Waals surface area contributed by atoms with E-state index in [1.165, 1.54) is 0 Å². The highest BCUT2D eigenvalue weighted by Gasteiger charge is 2.26. The van der Waals surface area contributed by atoms with Crippen LogP contribution in [-0.4, -0.2) is 30.4 Å². The average Bonchev–Trinajstić information content (AvgIpc) is 2.18. The number of likely N-dealkylation sites (N-methyl/N-ethyl adjacent to an activating group) is 1. The van der Waals surface area contributed by atoms with Crippen LogP contribution >= 0.6 is 0 Å². The van der Waals surface area contributed by atoms with Gasteiger partial charge in [-0.15, -0.1) is 6.58 Å². The summed E-state index contributed by atoms with van der Waals surface area (Å²) in [6.07, 6.45) is 5.62. The summed E-state index contributed by atoms with van der Waals surface area (Å²) in [7, 11) is 1.83. The van der Waals surface area contributed by atoms with Gasteiger partial charge in [0.05, 0.1) is 0 Å². The first kappa shape index (κ1) is 11.2. The van der Waals surface area contributed by atoms with Gasteiger partial charge in [0, 0.05) is 25.6 Å². The Kier molecular flexibility index (Phi) is 4.14. The fraction of sp³-hybridized carbons (Fsp3) is 0.727. The third-order valence-electron chi connectivity index (χ3n) is 2.90. The second-order valence-electron chi connectivity index (χ2n) is 4.12. The summed E-state index contributed by atoms with van der Waals surface area (Å²) < 4.78 is 0. The zero-order valence-electron chi connectivity index (χ0n) is 8.91. The molecule has 3 heteroatoms. The van der Waals surface area contributed by atoms with E-state index in [1.54, 1.807) is 11.0 Å². The Balaban J connectivity index is 2.40. The number of hydrogen-bond acceptors (Lipinski definition) is 2. The van der Waals surface area contributed by atoms with Gasteiger partial charge in [-0.05, 0) is 25.7 Å². The lowest BCUT2D eigenvalue weighted by Gasteiger charge is -2.28. The lowest BCUT2D eigenvalue weighted by atomic mass is 9.85. The molecule has 0 aromatic carbocycles. The van der Waals surface area contributed by atoms with Crippen LogP contribution in [0.25, 0.3) is 0 Å². The van der Waals surface area contributed by atoms with E-state index in [0.29, 0.717) is 12.6 Å². The summed E-state index contributed by atoms with van der Waals surface area (Å²) in [5, 5.41) is 0. The van der Waals surface area contributed by atoms with Gasteiger partial charge >= 0.3 is 0 Å². The Labute approximate surface area is 86.0 Å². The van der Waals surface area contributed by atoms with Crippen LogP contribution < -0.4 is 5.73 Å². The number of nitrogens with zero attached hydrogens (tertiary/aromatic N) is 1. The fourth-order valence-corrected chi connectivity index (χ4v) is 1.96. The highest BCUT2D eigenvalue weighted by Crippen LogP contribution is 2.24. The van der Waals surface area contributed by atoms with Crippen molar-refractivity contribution < 1.29 is 4.79 Å². The Morgan fingerprint density at radius 1 is 1.50 bits per heavy atom. The van der Waals surface area contributed by atoms with Crippen LogP contribution in [0.3, 0.4) is 0 Å². The second kappa shape index (κ2) is 5.15. The van der Waals surface area contributed by atoms with Crippen LogP contribution in [0.15, 0.2) is 12.7 Å². The van der Waals surface area contributed by atoms with E-state index in [0.717, 1.165) is 25.7 Å². The number of carbonyl (C=O) groups excluding carboxylic acids is 1. The number of amides is 1. The molecule has 0 atom stereocenters. The molecule has 0 aromatic heterocycles. The minimum atomic E-state index is 0.194. The van der Waals surface area contributed by atoms with Crippen LogP contribution in [0, 0.1) is 5.92 Å². The maximum Gasteiger partial charge on any atom is 0.225 e. The zero-order valence-corrected chi connectivity index (χ0v) is 8.91. The molecule has 0 radical (unpaired) electrons. The van der Waals surface area contributed by atoms with E-state index in [9.17, 15) is 4.79 Å². The van der Waals surface area contributed by atoms with Gasteiger partial charge in [-0.25, -0.2) is 0 Å². The number of carbonyl (C=O) groups is 1. The molecule has 3 nitrogen and oxygen atoms in total. The van der Waals surface area contributed by atoms with E-state index in [2.05, 4.69) is 6.58 Å². The summed E-state index contributed by atoms with van der Waals surface area (Å²) in [4.78, 5) is 13.6. The topological polar surface area (TPSA) is 46.3 Å². The zero-order chi connectivity index (χ0) is 10.6. The molecule has 80 valence electrons. The Bertz CT molecular complexity index is 207. The Morgan fingerprint density at radius 3 is 2.57 bits per heavy atom. The van der Waals surface area contributed by atoms with E-state index in [4.69, 9.17) is 5.73 Å². The smallest absolute Gasteiger partial charge is 0.225 e. The minimum absolute atomic E-state index is 0.194. The van der Waals surface area contributed by atoms with Crippen LogP contribution in [0.4, 0.5) is 0 Å². The third kappa shape index (κ3) is 2.84. The summed E-state index contributed by atoms with van der Waals surface area (Å²) in [6, 6.07) is 0.309. The van der Waals surface area contributed by atoms with Crippen molar-refractivity contribution in [2.24, 2.45) is 11.7 Å². The maximum atomic E-state index is 11.8. The summed E-state index contributed by atoms with van der Waals surface area (Å²) >= 11 is 0. The molecule has 0 heterocycles. The predicted molar refractivity (Wildman–Crippen MR) is 57.8 cm³/mol. The SMILES string of the molecule is C=CCN(C)C(=O)C1CCC(N)CC1. The van der Waals surface area contributed by atoms with Gasteiger partial charge in [0.2, 0.25) is 5.91 Å². The molecule has 0 saturated heterocycles. The van der Waals surface area contributed by atoms with Crippen molar-refractivity contribution >= 4 is 5.91 Å². The summed E-state index contributed by atoms with van der Waals surface area (Å²) in [6.45, 7) is 4.27. The van der Waals surface area contributed by atoms with Crippen molar-refractivity contribution in [3.8, 4) is 0 Å². The number of nitrogens with two attached hydrogens (primary N) is 1. The van der Waals surface area contributed by atoms with Crippen LogP contribution in [-0.2, 0) is 4.79 Å². The van der Waals surface area contributed by atoms with Gasteiger partial charge in [-0.1, -0.05) is 6.08 Å². The minimum Gasteiger partial charge on any atom is -0.342 e. The van der Waals surface area contributed by atoms with Crippen LogP contribution in [0.5, 0.6) is 0 Å². The molecule has 1 fully saturated rings. The van der Waals surface area contributed by atoms with Crippen molar-refractivity contribution in [1.29, 1.82) is 0 Å². The van der Waals surface area contributed by atoms with Gasteiger partial charge in [0.1, 0.15) is 0 Å². The molecule has 1 rings (SSSR count). The first-order chi connectivity index (χ1) is 6.65. The van der Waals surface area contributed by atoms with Gasteiger partial charge in [0.15, 0.2) is 0 Å². The molecule has 2 N–H and O–H groups in total. The normalized spacial score (nSPS) is 27.0. The standard InChI is InChI=1S/C11H20N2O/c1-3-8-13(2)11(14)9-4-6-10(12)7-5-9/h3,9-10H,1,4-8,12H2,2H3. The van der Waals surface area contributed by atoms with E-state index >= 15 is 0 Å². The average molecular weight is 196 g/mol. The highest BCUT2D eigenvalue weighted by atomic mass is 16.2. The van der Waals surface area contributed by atoms with E-state index in [1.807, 2.05) is 7.05 Å². The first-order valence-electron chi connectivity index (χ1n) is 5.26. The molecule has 0 unspecified atom stereocenters. The lowest BCUT2D eigenvalue weighted by Crippen LogP contribution is -2.37. The largest absolute Gasteiger partial charge is 0.342 e. The van der Waals surface area contributed by atoms with Gasteiger partial charge in [0.25, 0.3) is 0 Å². The molecule has 0 spiro atoms. The number of hydrogen-bond donors (Lipinski definition) is 1. The van der Waals surface area contributed by atoms with Crippen molar-refractivity contribution in [2.75, 3.05) is 13.6 Å². The summed E-state index contributed by atoms with van der Waals surface area (Å²) in [5.41, 5.74) is 5.79. The van der Waals surface area contributed by atoms with Crippen molar-refractivity contribution in [2.45, 2.75) is 31.7 Å². The molecule has 14 heavy (non-hydrogen) atoms. The monoisotopic (exact) mass is 196 g/mol. The van der Waals surface area contributed by atoms with Crippen molar-refractivity contribution in [1.82, 2.24) is 4.90 Å². The third-order valence-corrected chi connectivity index (χ3v) is 2.90. The molecule has 1 saturated carbocycles.